The third kappa shape index (κ3) is 4.49. The monoisotopic (exact) mass is 518 g/mol. The van der Waals surface area contributed by atoms with Crippen LogP contribution in [0.1, 0.15) is 22.9 Å². The van der Waals surface area contributed by atoms with Gasteiger partial charge in [-0.3, -0.25) is 9.89 Å². The summed E-state index contributed by atoms with van der Waals surface area (Å²) >= 11 is 0. The molecular weight excluding hydrogens is 492 g/mol. The number of nitriles is 1. The van der Waals surface area contributed by atoms with E-state index >= 15 is 0 Å². The third-order valence-corrected chi connectivity index (χ3v) is 7.20. The molecule has 0 bridgehead atoms. The summed E-state index contributed by atoms with van der Waals surface area (Å²) < 4.78 is 1.73. The molecule has 39 heavy (non-hydrogen) atoms. The van der Waals surface area contributed by atoms with Crippen LogP contribution in [0.5, 0.6) is 0 Å². The van der Waals surface area contributed by atoms with Crippen molar-refractivity contribution in [2.45, 2.75) is 13.0 Å². The summed E-state index contributed by atoms with van der Waals surface area (Å²) in [7, 11) is 0. The number of aliphatic hydroxyl groups is 1. The molecule has 0 saturated carbocycles. The van der Waals surface area contributed by atoms with Gasteiger partial charge < -0.3 is 14.9 Å². The van der Waals surface area contributed by atoms with Crippen LogP contribution < -0.4 is 4.90 Å². The molecule has 1 fully saturated rings. The molecule has 5 aromatic rings. The van der Waals surface area contributed by atoms with Crippen molar-refractivity contribution in [1.82, 2.24) is 29.7 Å². The number of rotatable bonds is 5. The van der Waals surface area contributed by atoms with Crippen molar-refractivity contribution in [2.24, 2.45) is 0 Å². The summed E-state index contributed by atoms with van der Waals surface area (Å²) in [5.74, 6) is 0.524. The summed E-state index contributed by atoms with van der Waals surface area (Å²) in [6.07, 6.45) is 5.90. The number of hydrogen-bond acceptors (Lipinski definition) is 7. The molecule has 1 atom stereocenters. The van der Waals surface area contributed by atoms with Crippen LogP contribution in [0.3, 0.4) is 0 Å². The number of benzene rings is 1. The first kappa shape index (κ1) is 24.3. The van der Waals surface area contributed by atoms with Gasteiger partial charge in [0.15, 0.2) is 6.10 Å². The van der Waals surface area contributed by atoms with Gasteiger partial charge in [0, 0.05) is 66.5 Å². The van der Waals surface area contributed by atoms with Crippen molar-refractivity contribution in [3.05, 3.63) is 90.1 Å². The zero-order valence-corrected chi connectivity index (χ0v) is 21.3. The van der Waals surface area contributed by atoms with Crippen LogP contribution in [0.4, 0.5) is 5.82 Å². The Balaban J connectivity index is 1.22. The Morgan fingerprint density at radius 1 is 1.03 bits per heavy atom. The number of anilines is 1. The molecule has 1 saturated heterocycles. The van der Waals surface area contributed by atoms with Gasteiger partial charge >= 0.3 is 0 Å². The molecule has 10 heteroatoms. The summed E-state index contributed by atoms with van der Waals surface area (Å²) in [5, 5.41) is 31.7. The largest absolute Gasteiger partial charge is 0.378 e. The SMILES string of the molecule is Cc1[nH]ncc1-c1cc(-c2ccc(N3CCN(C(=O)[C@H](O)c4ccccc4)CC3)nc2)c2c(C#N)cnn2c1. The van der Waals surface area contributed by atoms with E-state index in [-0.39, 0.29) is 5.91 Å². The molecule has 1 aromatic carbocycles. The number of aromatic amines is 1. The van der Waals surface area contributed by atoms with Crippen molar-refractivity contribution >= 4 is 17.2 Å². The van der Waals surface area contributed by atoms with Crippen molar-refractivity contribution in [2.75, 3.05) is 31.1 Å². The second kappa shape index (κ2) is 10.0. The molecule has 2 N–H and O–H groups in total. The van der Waals surface area contributed by atoms with E-state index in [4.69, 9.17) is 4.98 Å². The summed E-state index contributed by atoms with van der Waals surface area (Å²) in [4.78, 5) is 21.4. The lowest BCUT2D eigenvalue weighted by molar-refractivity contribution is -0.140. The van der Waals surface area contributed by atoms with Crippen molar-refractivity contribution in [1.29, 1.82) is 5.26 Å². The number of nitrogens with one attached hydrogen (secondary N) is 1. The van der Waals surface area contributed by atoms with Crippen LogP contribution >= 0.6 is 0 Å². The van der Waals surface area contributed by atoms with Gasteiger partial charge in [0.05, 0.1) is 23.5 Å². The number of piperazine rings is 1. The fraction of sp³-hybridized carbons (Fsp3) is 0.207. The fourth-order valence-electron chi connectivity index (χ4n) is 5.05. The predicted molar refractivity (Wildman–Crippen MR) is 146 cm³/mol. The van der Waals surface area contributed by atoms with E-state index in [2.05, 4.69) is 26.3 Å². The molecule has 0 spiro atoms. The minimum absolute atomic E-state index is 0.282. The zero-order valence-electron chi connectivity index (χ0n) is 21.3. The highest BCUT2D eigenvalue weighted by Gasteiger charge is 2.27. The molecule has 0 aliphatic carbocycles. The number of carbonyl (C=O) groups excluding carboxylic acids is 1. The summed E-state index contributed by atoms with van der Waals surface area (Å²) in [5.41, 5.74) is 6.36. The van der Waals surface area contributed by atoms with Gasteiger partial charge in [-0.25, -0.2) is 9.50 Å². The van der Waals surface area contributed by atoms with Crippen LogP contribution in [0, 0.1) is 18.3 Å². The van der Waals surface area contributed by atoms with E-state index < -0.39 is 6.10 Å². The number of aromatic nitrogens is 5. The van der Waals surface area contributed by atoms with Gasteiger partial charge in [-0.2, -0.15) is 15.5 Å². The zero-order chi connectivity index (χ0) is 26.9. The average molecular weight is 519 g/mol. The third-order valence-electron chi connectivity index (χ3n) is 7.20. The maximum absolute atomic E-state index is 12.8. The number of aryl methyl sites for hydroxylation is 1. The lowest BCUT2D eigenvalue weighted by atomic mass is 10.0. The Labute approximate surface area is 224 Å². The van der Waals surface area contributed by atoms with E-state index in [0.717, 1.165) is 39.3 Å². The number of aliphatic hydroxyl groups excluding tert-OH is 1. The van der Waals surface area contributed by atoms with Gasteiger partial charge in [0.2, 0.25) is 0 Å². The molecule has 6 rings (SSSR count). The Kier molecular flexibility index (Phi) is 6.26. The Morgan fingerprint density at radius 3 is 2.49 bits per heavy atom. The second-order valence-corrected chi connectivity index (χ2v) is 9.54. The molecule has 1 aliphatic rings. The quantitative estimate of drug-likeness (QED) is 0.365. The number of carbonyl (C=O) groups is 1. The summed E-state index contributed by atoms with van der Waals surface area (Å²) in [6.45, 7) is 4.18. The minimum atomic E-state index is -1.16. The van der Waals surface area contributed by atoms with Crippen molar-refractivity contribution < 1.29 is 9.90 Å². The standard InChI is InChI=1S/C29H26N8O2/c1-19-25(17-32-34-19)22-13-24(27-23(14-30)16-33-37(27)18-22)21-7-8-26(31-15-21)35-9-11-36(12-10-35)29(39)28(38)20-5-3-2-4-6-20/h2-8,13,15-18,28,38H,9-12H2,1H3,(H,32,34)/t28-/m1/s1. The Hall–Kier alpha value is -5.01. The number of pyridine rings is 2. The highest BCUT2D eigenvalue weighted by Crippen LogP contribution is 2.33. The Morgan fingerprint density at radius 2 is 1.82 bits per heavy atom. The number of H-pyrrole nitrogens is 1. The fourth-order valence-corrected chi connectivity index (χ4v) is 5.05. The molecular formula is C29H26N8O2. The molecule has 194 valence electrons. The smallest absolute Gasteiger partial charge is 0.256 e. The molecule has 10 nitrogen and oxygen atoms in total. The van der Waals surface area contributed by atoms with Gasteiger partial charge in [0.1, 0.15) is 11.9 Å². The van der Waals surface area contributed by atoms with E-state index in [9.17, 15) is 15.2 Å². The molecule has 5 heterocycles. The first-order valence-corrected chi connectivity index (χ1v) is 12.7. The molecule has 4 aromatic heterocycles. The predicted octanol–water partition coefficient (Wildman–Crippen LogP) is 3.35. The maximum Gasteiger partial charge on any atom is 0.256 e. The molecule has 1 aliphatic heterocycles. The van der Waals surface area contributed by atoms with E-state index in [0.29, 0.717) is 37.3 Å². The average Bonchev–Trinajstić information content (AvgIpc) is 3.62. The van der Waals surface area contributed by atoms with Gasteiger partial charge in [0.25, 0.3) is 5.91 Å². The van der Waals surface area contributed by atoms with Crippen LogP contribution in [-0.2, 0) is 4.79 Å². The lowest BCUT2D eigenvalue weighted by Crippen LogP contribution is -2.50. The van der Waals surface area contributed by atoms with Crippen LogP contribution in [0.25, 0.3) is 27.8 Å². The normalized spacial score (nSPS) is 14.4. The Bertz CT molecular complexity index is 1680. The van der Waals surface area contributed by atoms with Gasteiger partial charge in [-0.05, 0) is 30.7 Å². The topological polar surface area (TPSA) is 126 Å². The van der Waals surface area contributed by atoms with Gasteiger partial charge in [-0.1, -0.05) is 30.3 Å². The summed E-state index contributed by atoms with van der Waals surface area (Å²) in [6, 6.07) is 17.2. The van der Waals surface area contributed by atoms with E-state index in [1.165, 1.54) is 0 Å². The maximum atomic E-state index is 12.8. The van der Waals surface area contributed by atoms with Crippen molar-refractivity contribution in [3.63, 3.8) is 0 Å². The highest BCUT2D eigenvalue weighted by molar-refractivity contribution is 5.88. The first-order chi connectivity index (χ1) is 19.0. The first-order valence-electron chi connectivity index (χ1n) is 12.7. The van der Waals surface area contributed by atoms with Crippen LogP contribution in [0.15, 0.2) is 73.3 Å². The number of fused-ring (bicyclic) bond motifs is 1. The van der Waals surface area contributed by atoms with Gasteiger partial charge in [-0.15, -0.1) is 0 Å². The number of amides is 1. The highest BCUT2D eigenvalue weighted by atomic mass is 16.3. The second-order valence-electron chi connectivity index (χ2n) is 9.54. The number of nitrogens with zero attached hydrogens (tertiary/aromatic N) is 7. The minimum Gasteiger partial charge on any atom is -0.378 e. The lowest BCUT2D eigenvalue weighted by Gasteiger charge is -2.36. The molecule has 1 amide bonds. The van der Waals surface area contributed by atoms with E-state index in [1.54, 1.807) is 33.9 Å². The molecule has 0 radical (unpaired) electrons. The molecule has 0 unspecified atom stereocenters. The van der Waals surface area contributed by atoms with Crippen molar-refractivity contribution in [3.8, 4) is 28.3 Å². The van der Waals surface area contributed by atoms with Crippen LogP contribution in [0.2, 0.25) is 0 Å². The number of hydrogen-bond donors (Lipinski definition) is 2. The van der Waals surface area contributed by atoms with Crippen LogP contribution in [-0.4, -0.2) is 66.9 Å². The van der Waals surface area contributed by atoms with E-state index in [1.807, 2.05) is 55.7 Å².